The Bertz CT molecular complexity index is 254. The van der Waals surface area contributed by atoms with Gasteiger partial charge in [-0.05, 0) is 39.7 Å². The highest BCUT2D eigenvalue weighted by molar-refractivity contribution is 5.77. The zero-order chi connectivity index (χ0) is 10.9. The van der Waals surface area contributed by atoms with Crippen molar-refractivity contribution in [2.24, 2.45) is 0 Å². The molecule has 2 amide bonds. The van der Waals surface area contributed by atoms with Crippen LogP contribution in [0, 0.1) is 0 Å². The second kappa shape index (κ2) is 4.00. The van der Waals surface area contributed by atoms with Crippen molar-refractivity contribution in [2.75, 3.05) is 19.6 Å². The number of carbonyl (C=O) groups is 1. The lowest BCUT2D eigenvalue weighted by molar-refractivity contribution is 0.222. The predicted molar refractivity (Wildman–Crippen MR) is 59.8 cm³/mol. The summed E-state index contributed by atoms with van der Waals surface area (Å²) in [4.78, 5) is 13.7. The first-order valence-corrected chi connectivity index (χ1v) is 5.91. The maximum atomic E-state index is 11.2. The van der Waals surface area contributed by atoms with Crippen LogP contribution < -0.4 is 10.6 Å². The average molecular weight is 211 g/mol. The van der Waals surface area contributed by atoms with Crippen LogP contribution in [0.2, 0.25) is 0 Å². The third-order valence-electron chi connectivity index (χ3n) is 3.67. The number of urea groups is 1. The molecule has 0 aromatic rings. The minimum atomic E-state index is 0.00740. The molecule has 1 unspecified atom stereocenters. The SMILES string of the molecule is CC(C)N1CCCC2(CC1)CNC(=O)N2. The quantitative estimate of drug-likeness (QED) is 0.678. The molecular weight excluding hydrogens is 190 g/mol. The lowest BCUT2D eigenvalue weighted by Crippen LogP contribution is -2.44. The molecule has 2 fully saturated rings. The van der Waals surface area contributed by atoms with Gasteiger partial charge in [-0.2, -0.15) is 0 Å². The molecule has 2 N–H and O–H groups in total. The van der Waals surface area contributed by atoms with Gasteiger partial charge in [-0.15, -0.1) is 0 Å². The highest BCUT2D eigenvalue weighted by atomic mass is 16.2. The smallest absolute Gasteiger partial charge is 0.315 e. The Labute approximate surface area is 91.4 Å². The molecule has 0 radical (unpaired) electrons. The summed E-state index contributed by atoms with van der Waals surface area (Å²) in [6.07, 6.45) is 3.36. The van der Waals surface area contributed by atoms with Crippen molar-refractivity contribution in [3.63, 3.8) is 0 Å². The van der Waals surface area contributed by atoms with E-state index in [9.17, 15) is 4.79 Å². The Morgan fingerprint density at radius 3 is 2.73 bits per heavy atom. The Morgan fingerprint density at radius 2 is 2.13 bits per heavy atom. The molecule has 4 nitrogen and oxygen atoms in total. The van der Waals surface area contributed by atoms with Gasteiger partial charge in [0.25, 0.3) is 0 Å². The summed E-state index contributed by atoms with van der Waals surface area (Å²) in [5.74, 6) is 0. The highest BCUT2D eigenvalue weighted by Crippen LogP contribution is 2.25. The van der Waals surface area contributed by atoms with Gasteiger partial charge in [-0.25, -0.2) is 4.79 Å². The van der Waals surface area contributed by atoms with E-state index in [1.165, 1.54) is 6.42 Å². The van der Waals surface area contributed by atoms with E-state index < -0.39 is 0 Å². The first-order chi connectivity index (χ1) is 7.11. The molecule has 2 heterocycles. The maximum Gasteiger partial charge on any atom is 0.315 e. The van der Waals surface area contributed by atoms with Crippen LogP contribution in [0.15, 0.2) is 0 Å². The van der Waals surface area contributed by atoms with E-state index in [1.807, 2.05) is 0 Å². The standard InChI is InChI=1S/C11H21N3O/c1-9(2)14-6-3-4-11(5-7-14)8-12-10(15)13-11/h9H,3-8H2,1-2H3,(H2,12,13,15). The maximum absolute atomic E-state index is 11.2. The third-order valence-corrected chi connectivity index (χ3v) is 3.67. The van der Waals surface area contributed by atoms with Crippen LogP contribution in [0.1, 0.15) is 33.1 Å². The van der Waals surface area contributed by atoms with Crippen LogP contribution in [0.5, 0.6) is 0 Å². The molecule has 2 aliphatic rings. The van der Waals surface area contributed by atoms with Crippen molar-refractivity contribution < 1.29 is 4.79 Å². The summed E-state index contributed by atoms with van der Waals surface area (Å²) in [6.45, 7) is 7.54. The first kappa shape index (κ1) is 10.7. The van der Waals surface area contributed by atoms with Gasteiger partial charge in [0.1, 0.15) is 0 Å². The van der Waals surface area contributed by atoms with E-state index >= 15 is 0 Å². The molecule has 0 saturated carbocycles. The Morgan fingerprint density at radius 1 is 1.33 bits per heavy atom. The first-order valence-electron chi connectivity index (χ1n) is 5.91. The second-order valence-corrected chi connectivity index (χ2v) is 5.07. The van der Waals surface area contributed by atoms with Gasteiger partial charge in [0.2, 0.25) is 0 Å². The zero-order valence-electron chi connectivity index (χ0n) is 9.68. The summed E-state index contributed by atoms with van der Waals surface area (Å²) in [5, 5.41) is 5.98. The molecule has 2 aliphatic heterocycles. The molecule has 1 atom stereocenters. The van der Waals surface area contributed by atoms with Gasteiger partial charge in [-0.3, -0.25) is 0 Å². The van der Waals surface area contributed by atoms with Gasteiger partial charge in [-0.1, -0.05) is 0 Å². The summed E-state index contributed by atoms with van der Waals surface area (Å²) in [7, 11) is 0. The van der Waals surface area contributed by atoms with Gasteiger partial charge in [0.15, 0.2) is 0 Å². The predicted octanol–water partition coefficient (Wildman–Crippen LogP) is 0.932. The molecule has 4 heteroatoms. The highest BCUT2D eigenvalue weighted by Gasteiger charge is 2.38. The number of rotatable bonds is 1. The van der Waals surface area contributed by atoms with Gasteiger partial charge < -0.3 is 15.5 Å². The minimum Gasteiger partial charge on any atom is -0.336 e. The lowest BCUT2D eigenvalue weighted by atomic mass is 9.92. The number of nitrogens with one attached hydrogen (secondary N) is 2. The van der Waals surface area contributed by atoms with Crippen molar-refractivity contribution in [3.05, 3.63) is 0 Å². The van der Waals surface area contributed by atoms with E-state index in [-0.39, 0.29) is 11.6 Å². The number of hydrogen-bond donors (Lipinski definition) is 2. The summed E-state index contributed by atoms with van der Waals surface area (Å²) < 4.78 is 0. The van der Waals surface area contributed by atoms with Crippen molar-refractivity contribution in [3.8, 4) is 0 Å². The molecule has 1 spiro atoms. The Balaban J connectivity index is 1.98. The van der Waals surface area contributed by atoms with Gasteiger partial charge in [0, 0.05) is 19.1 Å². The van der Waals surface area contributed by atoms with E-state index in [2.05, 4.69) is 29.4 Å². The molecule has 0 aromatic heterocycles. The van der Waals surface area contributed by atoms with E-state index in [1.54, 1.807) is 0 Å². The van der Waals surface area contributed by atoms with Crippen LogP contribution in [0.4, 0.5) is 4.79 Å². The van der Waals surface area contributed by atoms with Crippen molar-refractivity contribution >= 4 is 6.03 Å². The number of carbonyl (C=O) groups excluding carboxylic acids is 1. The van der Waals surface area contributed by atoms with Gasteiger partial charge >= 0.3 is 6.03 Å². The number of nitrogens with zero attached hydrogens (tertiary/aromatic N) is 1. The van der Waals surface area contributed by atoms with Crippen LogP contribution in [0.25, 0.3) is 0 Å². The third kappa shape index (κ3) is 2.25. The van der Waals surface area contributed by atoms with Crippen molar-refractivity contribution in [2.45, 2.75) is 44.7 Å². The molecule has 86 valence electrons. The molecule has 0 aromatic carbocycles. The Kier molecular flexibility index (Phi) is 2.87. The van der Waals surface area contributed by atoms with E-state index in [0.717, 1.165) is 32.5 Å². The minimum absolute atomic E-state index is 0.00740. The monoisotopic (exact) mass is 211 g/mol. The van der Waals surface area contributed by atoms with Crippen LogP contribution >= 0.6 is 0 Å². The largest absolute Gasteiger partial charge is 0.336 e. The summed E-state index contributed by atoms with van der Waals surface area (Å²) >= 11 is 0. The average Bonchev–Trinajstić information content (AvgIpc) is 2.43. The number of amides is 2. The summed E-state index contributed by atoms with van der Waals surface area (Å²) in [5.41, 5.74) is 0.0424. The normalized spacial score (nSPS) is 32.9. The van der Waals surface area contributed by atoms with Crippen LogP contribution in [0.3, 0.4) is 0 Å². The summed E-state index contributed by atoms with van der Waals surface area (Å²) in [6, 6.07) is 0.623. The molecular formula is C11H21N3O. The molecule has 2 saturated heterocycles. The number of hydrogen-bond acceptors (Lipinski definition) is 2. The fraction of sp³-hybridized carbons (Fsp3) is 0.909. The molecule has 0 aliphatic carbocycles. The Hall–Kier alpha value is -0.770. The van der Waals surface area contributed by atoms with Gasteiger partial charge in [0.05, 0.1) is 5.54 Å². The number of likely N-dealkylation sites (tertiary alicyclic amines) is 1. The van der Waals surface area contributed by atoms with Crippen LogP contribution in [-0.4, -0.2) is 42.1 Å². The lowest BCUT2D eigenvalue weighted by Gasteiger charge is -2.27. The fourth-order valence-corrected chi connectivity index (χ4v) is 2.61. The van der Waals surface area contributed by atoms with E-state index in [4.69, 9.17) is 0 Å². The molecule has 0 bridgehead atoms. The molecule has 15 heavy (non-hydrogen) atoms. The second-order valence-electron chi connectivity index (χ2n) is 5.07. The zero-order valence-corrected chi connectivity index (χ0v) is 9.68. The fourth-order valence-electron chi connectivity index (χ4n) is 2.61. The van der Waals surface area contributed by atoms with Crippen molar-refractivity contribution in [1.82, 2.24) is 15.5 Å². The molecule has 2 rings (SSSR count). The van der Waals surface area contributed by atoms with E-state index in [0.29, 0.717) is 6.04 Å². The van der Waals surface area contributed by atoms with Crippen LogP contribution in [-0.2, 0) is 0 Å². The van der Waals surface area contributed by atoms with Crippen molar-refractivity contribution in [1.29, 1.82) is 0 Å². The topological polar surface area (TPSA) is 44.4 Å².